The monoisotopic (exact) mass is 327 g/mol. The fourth-order valence-electron chi connectivity index (χ4n) is 3.37. The van der Waals surface area contributed by atoms with Gasteiger partial charge < -0.3 is 5.32 Å². The van der Waals surface area contributed by atoms with E-state index in [1.54, 1.807) is 6.07 Å². The van der Waals surface area contributed by atoms with Crippen LogP contribution in [0.4, 0.5) is 5.69 Å². The summed E-state index contributed by atoms with van der Waals surface area (Å²) in [6.45, 7) is 0. The van der Waals surface area contributed by atoms with Crippen LogP contribution in [0.3, 0.4) is 0 Å². The van der Waals surface area contributed by atoms with Gasteiger partial charge in [-0.05, 0) is 65.2 Å². The van der Waals surface area contributed by atoms with Crippen molar-refractivity contribution in [3.63, 3.8) is 0 Å². The molecule has 2 nitrogen and oxygen atoms in total. The van der Waals surface area contributed by atoms with Crippen molar-refractivity contribution in [1.82, 2.24) is 0 Å². The third kappa shape index (κ3) is 2.30. The number of anilines is 1. The zero-order valence-electron chi connectivity index (χ0n) is 9.96. The number of fused-ring (bicyclic) bond motifs is 2. The fourth-order valence-corrected chi connectivity index (χ4v) is 3.80. The van der Waals surface area contributed by atoms with E-state index in [1.165, 1.54) is 19.3 Å². The van der Waals surface area contributed by atoms with Crippen LogP contribution in [0.2, 0.25) is 5.02 Å². The fraction of sp³-hybridized carbons (Fsp3) is 0.500. The number of hydrogen-bond donors (Lipinski definition) is 1. The Morgan fingerprint density at radius 2 is 2.17 bits per heavy atom. The molecule has 0 heterocycles. The maximum atomic E-state index is 12.2. The van der Waals surface area contributed by atoms with Gasteiger partial charge in [0.15, 0.2) is 0 Å². The summed E-state index contributed by atoms with van der Waals surface area (Å²) in [6.07, 6.45) is 4.86. The van der Waals surface area contributed by atoms with Crippen molar-refractivity contribution in [2.75, 3.05) is 5.32 Å². The molecular weight excluding hydrogens is 314 g/mol. The minimum atomic E-state index is 0.167. The highest BCUT2D eigenvalue weighted by atomic mass is 79.9. The van der Waals surface area contributed by atoms with E-state index in [1.807, 2.05) is 12.1 Å². The molecule has 0 aliphatic heterocycles. The maximum absolute atomic E-state index is 12.2. The van der Waals surface area contributed by atoms with E-state index >= 15 is 0 Å². The first-order valence-electron chi connectivity index (χ1n) is 6.39. The quantitative estimate of drug-likeness (QED) is 0.852. The molecule has 4 heteroatoms. The number of nitrogens with one attached hydrogen (secondary N) is 1. The average Bonchev–Trinajstić information content (AvgIpc) is 2.96. The Labute approximate surface area is 120 Å². The molecule has 1 N–H and O–H groups in total. The number of benzene rings is 1. The number of rotatable bonds is 2. The summed E-state index contributed by atoms with van der Waals surface area (Å²) in [4.78, 5) is 12.2. The van der Waals surface area contributed by atoms with Crippen LogP contribution in [0.5, 0.6) is 0 Å². The van der Waals surface area contributed by atoms with E-state index < -0.39 is 0 Å². The van der Waals surface area contributed by atoms with Crippen LogP contribution in [0, 0.1) is 17.8 Å². The zero-order chi connectivity index (χ0) is 12.7. The second-order valence-corrected chi connectivity index (χ2v) is 6.66. The van der Waals surface area contributed by atoms with E-state index in [2.05, 4.69) is 21.2 Å². The molecule has 0 aromatic heterocycles. The lowest BCUT2D eigenvalue weighted by Crippen LogP contribution is -2.27. The Hall–Kier alpha value is -0.540. The summed E-state index contributed by atoms with van der Waals surface area (Å²) in [5, 5.41) is 3.62. The molecule has 2 bridgehead atoms. The topological polar surface area (TPSA) is 29.1 Å². The molecule has 0 spiro atoms. The summed E-state index contributed by atoms with van der Waals surface area (Å²) in [6, 6.07) is 5.52. The molecule has 1 aromatic carbocycles. The lowest BCUT2D eigenvalue weighted by atomic mass is 9.88. The normalized spacial score (nSPS) is 29.6. The molecule has 3 atom stereocenters. The molecule has 96 valence electrons. The molecule has 2 aliphatic carbocycles. The number of carbonyl (C=O) groups excluding carboxylic acids is 1. The lowest BCUT2D eigenvalue weighted by Gasteiger charge is -2.20. The van der Waals surface area contributed by atoms with Crippen LogP contribution < -0.4 is 5.32 Å². The SMILES string of the molecule is O=C(Nc1ccc(Br)c(Cl)c1)C1CC2CCC1C2. The van der Waals surface area contributed by atoms with Gasteiger partial charge in [0.2, 0.25) is 5.91 Å². The Balaban J connectivity index is 1.69. The Bertz CT molecular complexity index is 491. The summed E-state index contributed by atoms with van der Waals surface area (Å²) >= 11 is 9.37. The van der Waals surface area contributed by atoms with Crippen LogP contribution in [-0.4, -0.2) is 5.91 Å². The maximum Gasteiger partial charge on any atom is 0.227 e. The van der Waals surface area contributed by atoms with Crippen molar-refractivity contribution >= 4 is 39.1 Å². The molecule has 18 heavy (non-hydrogen) atoms. The van der Waals surface area contributed by atoms with Gasteiger partial charge in [-0.2, -0.15) is 0 Å². The Morgan fingerprint density at radius 1 is 1.33 bits per heavy atom. The van der Waals surface area contributed by atoms with Gasteiger partial charge >= 0.3 is 0 Å². The average molecular weight is 329 g/mol. The van der Waals surface area contributed by atoms with Gasteiger partial charge in [0, 0.05) is 16.1 Å². The molecule has 1 aromatic rings. The predicted molar refractivity (Wildman–Crippen MR) is 76.7 cm³/mol. The van der Waals surface area contributed by atoms with Crippen LogP contribution in [0.25, 0.3) is 0 Å². The molecule has 0 saturated heterocycles. The highest BCUT2D eigenvalue weighted by Crippen LogP contribution is 2.48. The number of hydrogen-bond acceptors (Lipinski definition) is 1. The van der Waals surface area contributed by atoms with E-state index in [-0.39, 0.29) is 11.8 Å². The van der Waals surface area contributed by atoms with Crippen molar-refractivity contribution < 1.29 is 4.79 Å². The highest BCUT2D eigenvalue weighted by molar-refractivity contribution is 9.10. The van der Waals surface area contributed by atoms with Crippen molar-refractivity contribution in [2.45, 2.75) is 25.7 Å². The van der Waals surface area contributed by atoms with Gasteiger partial charge in [-0.15, -0.1) is 0 Å². The molecule has 2 fully saturated rings. The van der Waals surface area contributed by atoms with Gasteiger partial charge in [-0.25, -0.2) is 0 Å². The van der Waals surface area contributed by atoms with Crippen molar-refractivity contribution in [3.05, 3.63) is 27.7 Å². The van der Waals surface area contributed by atoms with Gasteiger partial charge in [-0.1, -0.05) is 18.0 Å². The smallest absolute Gasteiger partial charge is 0.227 e. The third-order valence-corrected chi connectivity index (χ3v) is 5.49. The molecule has 2 aliphatic rings. The number of halogens is 2. The molecule has 3 rings (SSSR count). The van der Waals surface area contributed by atoms with Crippen LogP contribution in [0.15, 0.2) is 22.7 Å². The zero-order valence-corrected chi connectivity index (χ0v) is 12.3. The van der Waals surface area contributed by atoms with Gasteiger partial charge in [0.1, 0.15) is 0 Å². The summed E-state index contributed by atoms with van der Waals surface area (Å²) in [7, 11) is 0. The van der Waals surface area contributed by atoms with Crippen molar-refractivity contribution in [1.29, 1.82) is 0 Å². The lowest BCUT2D eigenvalue weighted by molar-refractivity contribution is -0.121. The highest BCUT2D eigenvalue weighted by Gasteiger charge is 2.42. The minimum Gasteiger partial charge on any atom is -0.326 e. The first kappa shape index (κ1) is 12.5. The van der Waals surface area contributed by atoms with Crippen LogP contribution in [0.1, 0.15) is 25.7 Å². The molecule has 2 saturated carbocycles. The number of carbonyl (C=O) groups is 1. The molecule has 3 unspecified atom stereocenters. The second kappa shape index (κ2) is 4.86. The standard InChI is InChI=1S/C14H15BrClNO/c15-12-4-3-10(7-13(12)16)17-14(18)11-6-8-1-2-9(11)5-8/h3-4,7-9,11H,1-2,5-6H2,(H,17,18). The van der Waals surface area contributed by atoms with E-state index in [4.69, 9.17) is 11.6 Å². The van der Waals surface area contributed by atoms with E-state index in [0.29, 0.717) is 10.9 Å². The minimum absolute atomic E-state index is 0.167. The van der Waals surface area contributed by atoms with Crippen molar-refractivity contribution in [3.8, 4) is 0 Å². The first-order chi connectivity index (χ1) is 8.63. The summed E-state index contributed by atoms with van der Waals surface area (Å²) in [5.41, 5.74) is 0.788. The molecular formula is C14H15BrClNO. The largest absolute Gasteiger partial charge is 0.326 e. The van der Waals surface area contributed by atoms with E-state index in [0.717, 1.165) is 22.5 Å². The Kier molecular flexibility index (Phi) is 3.37. The third-order valence-electron chi connectivity index (χ3n) is 4.26. The van der Waals surface area contributed by atoms with Gasteiger partial charge in [0.05, 0.1) is 5.02 Å². The van der Waals surface area contributed by atoms with Crippen LogP contribution in [-0.2, 0) is 4.79 Å². The van der Waals surface area contributed by atoms with Gasteiger partial charge in [0.25, 0.3) is 0 Å². The number of amides is 1. The summed E-state index contributed by atoms with van der Waals surface area (Å²) in [5.74, 6) is 1.78. The Morgan fingerprint density at radius 3 is 2.78 bits per heavy atom. The second-order valence-electron chi connectivity index (χ2n) is 5.40. The van der Waals surface area contributed by atoms with Crippen molar-refractivity contribution in [2.24, 2.45) is 17.8 Å². The van der Waals surface area contributed by atoms with Crippen LogP contribution >= 0.6 is 27.5 Å². The molecule has 0 radical (unpaired) electrons. The van der Waals surface area contributed by atoms with E-state index in [9.17, 15) is 4.79 Å². The summed E-state index contributed by atoms with van der Waals surface area (Å²) < 4.78 is 0.849. The van der Waals surface area contributed by atoms with Gasteiger partial charge in [-0.3, -0.25) is 4.79 Å². The molecule has 1 amide bonds. The first-order valence-corrected chi connectivity index (χ1v) is 7.56. The predicted octanol–water partition coefficient (Wildman–Crippen LogP) is 4.48.